The first kappa shape index (κ1) is 26.0. The highest BCUT2D eigenvalue weighted by atomic mass is 16.5. The van der Waals surface area contributed by atoms with E-state index in [4.69, 9.17) is 9.47 Å². The molecule has 1 N–H and O–H groups in total. The van der Waals surface area contributed by atoms with Crippen LogP contribution in [0.25, 0.3) is 5.76 Å². The Morgan fingerprint density at radius 1 is 0.946 bits per heavy atom. The standard InChI is InChI=1S/C31H33NO5/c1-19(2)37-23-14-10-11-20(17-23)27-26(29(34)30(35)32(27)22-12-8-7-9-13-22)28(33)24-18-21(31(3,4)5)15-16-25(24)36-6/h7-19,27,33H,1-6H3/b28-26+. The molecule has 0 aromatic heterocycles. The molecule has 1 heterocycles. The van der Waals surface area contributed by atoms with Gasteiger partial charge in [0.05, 0.1) is 30.4 Å². The fourth-order valence-corrected chi connectivity index (χ4v) is 4.54. The van der Waals surface area contributed by atoms with Gasteiger partial charge in [-0.25, -0.2) is 0 Å². The van der Waals surface area contributed by atoms with Crippen LogP contribution in [0.3, 0.4) is 0 Å². The Morgan fingerprint density at radius 3 is 2.27 bits per heavy atom. The first-order chi connectivity index (χ1) is 17.5. The number of methoxy groups -OCH3 is 1. The molecule has 0 aliphatic carbocycles. The number of benzene rings is 3. The summed E-state index contributed by atoms with van der Waals surface area (Å²) in [5.41, 5.74) is 2.31. The van der Waals surface area contributed by atoms with Crippen LogP contribution < -0.4 is 14.4 Å². The van der Waals surface area contributed by atoms with Gasteiger partial charge in [-0.1, -0.05) is 57.2 Å². The predicted octanol–water partition coefficient (Wildman–Crippen LogP) is 6.41. The van der Waals surface area contributed by atoms with Crippen LogP contribution in [0.15, 0.2) is 78.4 Å². The van der Waals surface area contributed by atoms with Gasteiger partial charge < -0.3 is 14.6 Å². The predicted molar refractivity (Wildman–Crippen MR) is 145 cm³/mol. The summed E-state index contributed by atoms with van der Waals surface area (Å²) in [6, 6.07) is 20.9. The van der Waals surface area contributed by atoms with Crippen molar-refractivity contribution < 1.29 is 24.2 Å². The van der Waals surface area contributed by atoms with E-state index in [1.54, 1.807) is 30.3 Å². The molecule has 1 amide bonds. The molecule has 1 aliphatic rings. The van der Waals surface area contributed by atoms with E-state index in [9.17, 15) is 14.7 Å². The van der Waals surface area contributed by atoms with Crippen LogP contribution in [-0.4, -0.2) is 30.0 Å². The molecule has 1 aliphatic heterocycles. The lowest BCUT2D eigenvalue weighted by molar-refractivity contribution is -0.132. The van der Waals surface area contributed by atoms with Crippen molar-refractivity contribution in [2.24, 2.45) is 0 Å². The molecule has 0 radical (unpaired) electrons. The summed E-state index contributed by atoms with van der Waals surface area (Å²) < 4.78 is 11.4. The number of aliphatic hydroxyl groups excluding tert-OH is 1. The summed E-state index contributed by atoms with van der Waals surface area (Å²) in [4.78, 5) is 28.4. The Labute approximate surface area is 218 Å². The summed E-state index contributed by atoms with van der Waals surface area (Å²) in [7, 11) is 1.51. The Morgan fingerprint density at radius 2 is 1.65 bits per heavy atom. The molecule has 6 nitrogen and oxygen atoms in total. The normalized spacial score (nSPS) is 17.4. The zero-order chi connectivity index (χ0) is 26.9. The first-order valence-corrected chi connectivity index (χ1v) is 12.3. The maximum atomic E-state index is 13.6. The molecule has 0 bridgehead atoms. The molecular weight excluding hydrogens is 466 g/mol. The topological polar surface area (TPSA) is 76.1 Å². The summed E-state index contributed by atoms with van der Waals surface area (Å²) >= 11 is 0. The van der Waals surface area contributed by atoms with Gasteiger partial charge in [-0.15, -0.1) is 0 Å². The number of anilines is 1. The zero-order valence-electron chi connectivity index (χ0n) is 22.1. The number of carbonyl (C=O) groups excluding carboxylic acids is 2. The van der Waals surface area contributed by atoms with Gasteiger partial charge in [-0.2, -0.15) is 0 Å². The van der Waals surface area contributed by atoms with Crippen LogP contribution in [0, 0.1) is 0 Å². The number of amides is 1. The van der Waals surface area contributed by atoms with Gasteiger partial charge in [0, 0.05) is 5.69 Å². The van der Waals surface area contributed by atoms with Gasteiger partial charge >= 0.3 is 0 Å². The van der Waals surface area contributed by atoms with Crippen molar-refractivity contribution in [1.82, 2.24) is 0 Å². The fourth-order valence-electron chi connectivity index (χ4n) is 4.54. The molecule has 192 valence electrons. The second-order valence-electron chi connectivity index (χ2n) is 10.4. The van der Waals surface area contributed by atoms with Crippen LogP contribution >= 0.6 is 0 Å². The number of rotatable bonds is 6. The summed E-state index contributed by atoms with van der Waals surface area (Å²) in [6.45, 7) is 10.0. The van der Waals surface area contributed by atoms with Crippen LogP contribution in [-0.2, 0) is 15.0 Å². The highest BCUT2D eigenvalue weighted by Crippen LogP contribution is 2.44. The van der Waals surface area contributed by atoms with Crippen molar-refractivity contribution in [3.63, 3.8) is 0 Å². The smallest absolute Gasteiger partial charge is 0.300 e. The van der Waals surface area contributed by atoms with E-state index in [0.717, 1.165) is 5.56 Å². The number of Topliss-reactive ketones (excluding diaryl/α,β-unsaturated/α-hetero) is 1. The molecule has 1 saturated heterocycles. The van der Waals surface area contributed by atoms with Crippen molar-refractivity contribution >= 4 is 23.1 Å². The number of aliphatic hydroxyl groups is 1. The third-order valence-corrected chi connectivity index (χ3v) is 6.35. The molecule has 1 atom stereocenters. The van der Waals surface area contributed by atoms with Crippen LogP contribution in [0.4, 0.5) is 5.69 Å². The van der Waals surface area contributed by atoms with Crippen molar-refractivity contribution in [3.05, 3.63) is 95.1 Å². The number of ether oxygens (including phenoxy) is 2. The number of hydrogen-bond acceptors (Lipinski definition) is 5. The Balaban J connectivity index is 1.98. The lowest BCUT2D eigenvalue weighted by Gasteiger charge is -2.26. The Kier molecular flexibility index (Phi) is 7.12. The Hall–Kier alpha value is -4.06. The summed E-state index contributed by atoms with van der Waals surface area (Å²) in [5.74, 6) is -0.728. The minimum Gasteiger partial charge on any atom is -0.507 e. The minimum absolute atomic E-state index is 0.0000841. The number of hydrogen-bond donors (Lipinski definition) is 1. The molecule has 0 spiro atoms. The molecular formula is C31H33NO5. The van der Waals surface area contributed by atoms with E-state index < -0.39 is 17.7 Å². The van der Waals surface area contributed by atoms with Crippen molar-refractivity contribution in [2.45, 2.75) is 52.2 Å². The third-order valence-electron chi connectivity index (χ3n) is 6.35. The highest BCUT2D eigenvalue weighted by molar-refractivity contribution is 6.51. The van der Waals surface area contributed by atoms with Crippen molar-refractivity contribution in [3.8, 4) is 11.5 Å². The second kappa shape index (κ2) is 10.1. The van der Waals surface area contributed by atoms with Gasteiger partial charge in [-0.05, 0) is 66.8 Å². The molecule has 6 heteroatoms. The third kappa shape index (κ3) is 5.10. The van der Waals surface area contributed by atoms with Crippen molar-refractivity contribution in [2.75, 3.05) is 12.0 Å². The Bertz CT molecular complexity index is 1350. The van der Waals surface area contributed by atoms with E-state index in [1.165, 1.54) is 12.0 Å². The van der Waals surface area contributed by atoms with Gasteiger partial charge in [0.25, 0.3) is 11.7 Å². The fraction of sp³-hybridized carbons (Fsp3) is 0.290. The largest absolute Gasteiger partial charge is 0.507 e. The van der Waals surface area contributed by atoms with Crippen LogP contribution in [0.1, 0.15) is 57.4 Å². The molecule has 4 rings (SSSR count). The van der Waals surface area contributed by atoms with Gasteiger partial charge in [0.15, 0.2) is 0 Å². The van der Waals surface area contributed by atoms with E-state index in [2.05, 4.69) is 20.8 Å². The molecule has 3 aromatic carbocycles. The second-order valence-corrected chi connectivity index (χ2v) is 10.4. The summed E-state index contributed by atoms with van der Waals surface area (Å²) in [6.07, 6.45) is -0.0554. The van der Waals surface area contributed by atoms with Gasteiger partial charge in [-0.3, -0.25) is 14.5 Å². The SMILES string of the molecule is COc1ccc(C(C)(C)C)cc1/C(O)=C1\C(=O)C(=O)N(c2ccccc2)C1c1cccc(OC(C)C)c1. The average molecular weight is 500 g/mol. The quantitative estimate of drug-likeness (QED) is 0.241. The lowest BCUT2D eigenvalue weighted by Crippen LogP contribution is -2.29. The number of para-hydroxylation sites is 1. The van der Waals surface area contributed by atoms with Crippen molar-refractivity contribution in [1.29, 1.82) is 0 Å². The molecule has 0 saturated carbocycles. The van der Waals surface area contributed by atoms with Crippen LogP contribution in [0.5, 0.6) is 11.5 Å². The maximum Gasteiger partial charge on any atom is 0.300 e. The molecule has 37 heavy (non-hydrogen) atoms. The van der Waals surface area contributed by atoms with E-state index in [-0.39, 0.29) is 22.9 Å². The van der Waals surface area contributed by atoms with Gasteiger partial charge in [0.1, 0.15) is 17.3 Å². The monoisotopic (exact) mass is 499 g/mol. The minimum atomic E-state index is -0.860. The highest BCUT2D eigenvalue weighted by Gasteiger charge is 2.47. The lowest BCUT2D eigenvalue weighted by atomic mass is 9.85. The summed E-state index contributed by atoms with van der Waals surface area (Å²) in [5, 5.41) is 11.7. The van der Waals surface area contributed by atoms with E-state index >= 15 is 0 Å². The molecule has 1 unspecified atom stereocenters. The van der Waals surface area contributed by atoms with E-state index in [1.807, 2.05) is 56.3 Å². The average Bonchev–Trinajstić information content (AvgIpc) is 3.13. The number of nitrogens with zero attached hydrogens (tertiary/aromatic N) is 1. The van der Waals surface area contributed by atoms with Crippen LogP contribution in [0.2, 0.25) is 0 Å². The number of carbonyl (C=O) groups is 2. The van der Waals surface area contributed by atoms with E-state index in [0.29, 0.717) is 28.3 Å². The van der Waals surface area contributed by atoms with Gasteiger partial charge in [0.2, 0.25) is 0 Å². The first-order valence-electron chi connectivity index (χ1n) is 12.3. The maximum absolute atomic E-state index is 13.6. The molecule has 3 aromatic rings. The molecule has 1 fully saturated rings. The number of ketones is 1. The zero-order valence-corrected chi connectivity index (χ0v) is 22.1.